The molecule has 1 fully saturated rings. The SMILES string of the molecule is [2H]c1c([2H])c(C2[C@H](COc3ccc4c(c3)OC([2H])([2H])O4)CNC([2H])([2H])C2([2H])[2H])c([2H])c([2H])c1F. The Morgan fingerprint density at radius 1 is 1.25 bits per heavy atom. The van der Waals surface area contributed by atoms with Crippen molar-refractivity contribution in [1.82, 2.24) is 5.32 Å². The minimum absolute atomic E-state index is 0.0885. The van der Waals surface area contributed by atoms with E-state index in [1.54, 1.807) is 0 Å². The molecular weight excluding hydrogens is 309 g/mol. The molecule has 2 aliphatic rings. The summed E-state index contributed by atoms with van der Waals surface area (Å²) in [5, 5.41) is 2.46. The first kappa shape index (κ1) is 7.74. The van der Waals surface area contributed by atoms with Gasteiger partial charge in [0.25, 0.3) is 0 Å². The number of benzene rings is 2. The average molecular weight is 339 g/mol. The highest BCUT2D eigenvalue weighted by molar-refractivity contribution is 5.46. The maximum Gasteiger partial charge on any atom is 0.231 e. The van der Waals surface area contributed by atoms with Gasteiger partial charge in [0.2, 0.25) is 6.75 Å². The molecule has 0 aromatic heterocycles. The monoisotopic (exact) mass is 339 g/mol. The van der Waals surface area contributed by atoms with Gasteiger partial charge < -0.3 is 19.5 Å². The number of hydrogen-bond acceptors (Lipinski definition) is 4. The highest BCUT2D eigenvalue weighted by Gasteiger charge is 2.27. The molecule has 2 aromatic rings. The number of piperidine rings is 1. The third-order valence-electron chi connectivity index (χ3n) is 3.76. The Balaban J connectivity index is 1.69. The summed E-state index contributed by atoms with van der Waals surface area (Å²) in [7, 11) is 0. The number of fused-ring (bicyclic) bond motifs is 1. The lowest BCUT2D eigenvalue weighted by Gasteiger charge is -2.32. The van der Waals surface area contributed by atoms with Gasteiger partial charge in [0, 0.05) is 24.0 Å². The minimum atomic E-state index is -2.72. The van der Waals surface area contributed by atoms with Crippen LogP contribution in [0.5, 0.6) is 17.2 Å². The van der Waals surface area contributed by atoms with Crippen LogP contribution in [-0.2, 0) is 0 Å². The van der Waals surface area contributed by atoms with E-state index in [1.807, 2.05) is 0 Å². The Labute approximate surface area is 154 Å². The summed E-state index contributed by atoms with van der Waals surface area (Å²) in [5.41, 5.74) is -0.431. The first-order chi connectivity index (χ1) is 15.7. The topological polar surface area (TPSA) is 39.7 Å². The highest BCUT2D eigenvalue weighted by Crippen LogP contribution is 2.36. The van der Waals surface area contributed by atoms with Crippen molar-refractivity contribution in [2.24, 2.45) is 5.92 Å². The lowest BCUT2D eigenvalue weighted by atomic mass is 9.81. The predicted octanol–water partition coefficient (Wildman–Crippen LogP) is 3.33. The van der Waals surface area contributed by atoms with E-state index in [0.29, 0.717) is 0 Å². The summed E-state index contributed by atoms with van der Waals surface area (Å²) in [6.45, 7) is -5.30. The molecule has 5 heteroatoms. The molecule has 1 unspecified atom stereocenters. The van der Waals surface area contributed by atoms with Crippen molar-refractivity contribution < 1.29 is 32.3 Å². The van der Waals surface area contributed by atoms with Crippen molar-refractivity contribution in [2.45, 2.75) is 12.3 Å². The number of hydrogen-bond donors (Lipinski definition) is 1. The van der Waals surface area contributed by atoms with Gasteiger partial charge in [0.15, 0.2) is 11.5 Å². The van der Waals surface area contributed by atoms with E-state index in [4.69, 9.17) is 27.9 Å². The van der Waals surface area contributed by atoms with E-state index in [-0.39, 0.29) is 30.4 Å². The van der Waals surface area contributed by atoms with Crippen LogP contribution >= 0.6 is 0 Å². The molecule has 126 valence electrons. The molecule has 4 rings (SSSR count). The Morgan fingerprint density at radius 2 is 2.08 bits per heavy atom. The van der Waals surface area contributed by atoms with Crippen LogP contribution in [0.2, 0.25) is 0 Å². The van der Waals surface area contributed by atoms with Crippen molar-refractivity contribution in [3.05, 3.63) is 53.7 Å². The Morgan fingerprint density at radius 3 is 2.96 bits per heavy atom. The molecule has 0 amide bonds. The fraction of sp³-hybridized carbons (Fsp3) is 0.368. The summed E-state index contributed by atoms with van der Waals surface area (Å²) >= 11 is 0. The van der Waals surface area contributed by atoms with Crippen LogP contribution in [0.3, 0.4) is 0 Å². The summed E-state index contributed by atoms with van der Waals surface area (Å²) in [5.74, 6) is -3.30. The average Bonchev–Trinajstić information content (AvgIpc) is 3.06. The Kier molecular flexibility index (Phi) is 2.16. The minimum Gasteiger partial charge on any atom is -0.493 e. The number of ether oxygens (including phenoxy) is 3. The van der Waals surface area contributed by atoms with E-state index in [0.717, 1.165) is 0 Å². The van der Waals surface area contributed by atoms with Crippen LogP contribution in [0.25, 0.3) is 0 Å². The van der Waals surface area contributed by atoms with Crippen LogP contribution in [0.1, 0.15) is 31.6 Å². The van der Waals surface area contributed by atoms with E-state index in [2.05, 4.69) is 5.32 Å². The summed E-state index contributed by atoms with van der Waals surface area (Å²) in [4.78, 5) is 0. The molecule has 2 heterocycles. The zero-order valence-corrected chi connectivity index (χ0v) is 12.4. The van der Waals surface area contributed by atoms with Gasteiger partial charge in [-0.3, -0.25) is 0 Å². The molecule has 0 radical (unpaired) electrons. The predicted molar refractivity (Wildman–Crippen MR) is 88.2 cm³/mol. The number of nitrogens with one attached hydrogen (secondary N) is 1. The molecule has 2 aliphatic heterocycles. The maximum absolute atomic E-state index is 14.1. The fourth-order valence-corrected chi connectivity index (χ4v) is 2.53. The van der Waals surface area contributed by atoms with Gasteiger partial charge in [-0.1, -0.05) is 12.1 Å². The number of halogens is 1. The van der Waals surface area contributed by atoms with E-state index < -0.39 is 67.0 Å². The third-order valence-corrected chi connectivity index (χ3v) is 3.76. The molecule has 0 bridgehead atoms. The van der Waals surface area contributed by atoms with Gasteiger partial charge in [0.1, 0.15) is 14.3 Å². The normalized spacial score (nSPS) is 34.7. The van der Waals surface area contributed by atoms with Crippen molar-refractivity contribution >= 4 is 0 Å². The smallest absolute Gasteiger partial charge is 0.231 e. The van der Waals surface area contributed by atoms with Gasteiger partial charge in [-0.2, -0.15) is 0 Å². The van der Waals surface area contributed by atoms with E-state index >= 15 is 0 Å². The standard InChI is InChI=1S/C19H20FNO3/c20-15-3-1-13(2-4-15)17-7-8-21-10-14(17)11-22-16-5-6-18-19(9-16)24-12-23-18/h1-6,9,14,17,21H,7-8,10-12H2/t14-,17?/m0/s1/i1D,2D,3D,4D,7D2,8D2,12D2. The van der Waals surface area contributed by atoms with Crippen LogP contribution in [0, 0.1) is 11.7 Å². The van der Waals surface area contributed by atoms with Gasteiger partial charge in [-0.25, -0.2) is 4.39 Å². The van der Waals surface area contributed by atoms with Crippen molar-refractivity contribution in [3.63, 3.8) is 0 Å². The van der Waals surface area contributed by atoms with Crippen molar-refractivity contribution in [3.8, 4) is 17.2 Å². The van der Waals surface area contributed by atoms with Crippen LogP contribution in [-0.4, -0.2) is 26.4 Å². The lowest BCUT2D eigenvalue weighted by molar-refractivity contribution is 0.173. The van der Waals surface area contributed by atoms with Crippen molar-refractivity contribution in [2.75, 3.05) is 26.4 Å². The second kappa shape index (κ2) is 6.69. The molecule has 4 nitrogen and oxygen atoms in total. The summed E-state index contributed by atoms with van der Waals surface area (Å²) in [6, 6.07) is 0.780. The molecule has 2 aromatic carbocycles. The molecule has 0 aliphatic carbocycles. The second-order valence-electron chi connectivity index (χ2n) is 5.32. The fourth-order valence-electron chi connectivity index (χ4n) is 2.53. The zero-order valence-electron chi connectivity index (χ0n) is 22.4. The number of rotatable bonds is 4. The summed E-state index contributed by atoms with van der Waals surface area (Å²) < 4.78 is 110. The molecule has 2 atom stereocenters. The molecule has 1 N–H and O–H groups in total. The second-order valence-corrected chi connectivity index (χ2v) is 5.32. The molecular formula is C19H20FNO3. The molecule has 0 spiro atoms. The molecule has 1 saturated heterocycles. The lowest BCUT2D eigenvalue weighted by Crippen LogP contribution is -2.38. The van der Waals surface area contributed by atoms with E-state index in [1.165, 1.54) is 18.2 Å². The van der Waals surface area contributed by atoms with Gasteiger partial charge in [-0.15, -0.1) is 0 Å². The third kappa shape index (κ3) is 3.17. The Bertz CT molecular complexity index is 1120. The highest BCUT2D eigenvalue weighted by atomic mass is 19.1. The maximum atomic E-state index is 14.1. The molecule has 0 saturated carbocycles. The first-order valence-corrected chi connectivity index (χ1v) is 7.32. The zero-order chi connectivity index (χ0) is 25.2. The van der Waals surface area contributed by atoms with Gasteiger partial charge >= 0.3 is 0 Å². The van der Waals surface area contributed by atoms with Crippen LogP contribution in [0.15, 0.2) is 42.4 Å². The summed E-state index contributed by atoms with van der Waals surface area (Å²) in [6.07, 6.45) is -2.72. The van der Waals surface area contributed by atoms with Crippen LogP contribution < -0.4 is 19.5 Å². The Hall–Kier alpha value is -2.27. The first-order valence-electron chi connectivity index (χ1n) is 12.3. The van der Waals surface area contributed by atoms with Crippen molar-refractivity contribution in [1.29, 1.82) is 0 Å². The van der Waals surface area contributed by atoms with Crippen LogP contribution in [0.4, 0.5) is 4.39 Å². The quantitative estimate of drug-likeness (QED) is 0.927. The van der Waals surface area contributed by atoms with Gasteiger partial charge in [0.05, 0.1) is 12.1 Å². The largest absolute Gasteiger partial charge is 0.493 e. The molecule has 24 heavy (non-hydrogen) atoms. The van der Waals surface area contributed by atoms with Gasteiger partial charge in [-0.05, 0) is 48.6 Å². The van der Waals surface area contributed by atoms with E-state index in [9.17, 15) is 4.39 Å².